The molecule has 1 amide bonds. The maximum atomic E-state index is 13.2. The van der Waals surface area contributed by atoms with E-state index in [1.165, 1.54) is 9.47 Å². The lowest BCUT2D eigenvalue weighted by Crippen LogP contribution is -2.43. The van der Waals surface area contributed by atoms with E-state index in [9.17, 15) is 14.4 Å². The van der Waals surface area contributed by atoms with Gasteiger partial charge in [-0.2, -0.15) is 4.98 Å². The molecule has 3 rings (SSSR count). The molecule has 10 heteroatoms. The van der Waals surface area contributed by atoms with Crippen LogP contribution in [0, 0.1) is 11.8 Å². The third-order valence-electron chi connectivity index (χ3n) is 4.93. The molecule has 1 aromatic carbocycles. The summed E-state index contributed by atoms with van der Waals surface area (Å²) in [5.41, 5.74) is 5.76. The third-order valence-corrected chi connectivity index (χ3v) is 4.93. The van der Waals surface area contributed by atoms with Gasteiger partial charge in [-0.15, -0.1) is 0 Å². The largest absolute Gasteiger partial charge is 0.383 e. The highest BCUT2D eigenvalue weighted by molar-refractivity contribution is 5.95. The summed E-state index contributed by atoms with van der Waals surface area (Å²) in [7, 11) is 0. The fourth-order valence-electron chi connectivity index (χ4n) is 3.48. The first-order chi connectivity index (χ1) is 15.7. The molecule has 2 heterocycles. The summed E-state index contributed by atoms with van der Waals surface area (Å²) in [5.74, 6) is 0.600. The zero-order valence-corrected chi connectivity index (χ0v) is 19.4. The predicted octanol–water partition coefficient (Wildman–Crippen LogP) is 2.45. The van der Waals surface area contributed by atoms with Crippen molar-refractivity contribution in [3.05, 3.63) is 57.1 Å². The lowest BCUT2D eigenvalue weighted by molar-refractivity contribution is -0.118. The van der Waals surface area contributed by atoms with Crippen LogP contribution in [0.2, 0.25) is 0 Å². The van der Waals surface area contributed by atoms with Gasteiger partial charge in [-0.1, -0.05) is 63.2 Å². The number of benzene rings is 1. The average Bonchev–Trinajstić information content (AvgIpc) is 3.23. The molecule has 0 spiro atoms. The van der Waals surface area contributed by atoms with E-state index in [1.807, 2.05) is 58.0 Å². The molecule has 2 aromatic heterocycles. The van der Waals surface area contributed by atoms with Crippen LogP contribution in [0.3, 0.4) is 0 Å². The molecule has 33 heavy (non-hydrogen) atoms. The zero-order valence-electron chi connectivity index (χ0n) is 19.4. The first kappa shape index (κ1) is 24.0. The Bertz CT molecular complexity index is 1210. The monoisotopic (exact) mass is 454 g/mol. The van der Waals surface area contributed by atoms with Crippen molar-refractivity contribution < 1.29 is 9.32 Å². The lowest BCUT2D eigenvalue weighted by atomic mass is 10.1. The number of carbonyl (C=O) groups excluding carboxylic acids is 1. The number of rotatable bonds is 9. The fourth-order valence-corrected chi connectivity index (χ4v) is 3.48. The lowest BCUT2D eigenvalue weighted by Gasteiger charge is -2.26. The molecule has 0 saturated heterocycles. The van der Waals surface area contributed by atoms with Crippen molar-refractivity contribution in [1.29, 1.82) is 0 Å². The van der Waals surface area contributed by atoms with Crippen LogP contribution in [0.25, 0.3) is 11.4 Å². The van der Waals surface area contributed by atoms with Crippen LogP contribution in [0.1, 0.15) is 40.0 Å². The molecule has 10 nitrogen and oxygen atoms in total. The molecule has 176 valence electrons. The standard InChI is InChI=1S/C23H30N6O4/c1-14(2)12-28(19-20(24)29(13-15(3)4)23(32)26-22(19)31)18(30)11-10-17-25-21(27-33-17)16-8-6-5-7-9-16/h5-9,14-15H,10-13,24H2,1-4H3,(H,26,31,32). The fraction of sp³-hybridized carbons (Fsp3) is 0.435. The third kappa shape index (κ3) is 5.76. The molecule has 3 aromatic rings. The molecule has 0 aliphatic heterocycles. The molecule has 0 saturated carbocycles. The number of nitrogens with zero attached hydrogens (tertiary/aromatic N) is 4. The summed E-state index contributed by atoms with van der Waals surface area (Å²) in [6.07, 6.45) is 0.238. The second kappa shape index (κ2) is 10.3. The summed E-state index contributed by atoms with van der Waals surface area (Å²) < 4.78 is 6.59. The second-order valence-electron chi connectivity index (χ2n) is 8.77. The van der Waals surface area contributed by atoms with Crippen molar-refractivity contribution in [3.63, 3.8) is 0 Å². The maximum absolute atomic E-state index is 13.2. The van der Waals surface area contributed by atoms with E-state index in [0.29, 0.717) is 18.3 Å². The summed E-state index contributed by atoms with van der Waals surface area (Å²) in [4.78, 5) is 46.2. The van der Waals surface area contributed by atoms with Crippen LogP contribution in [0.5, 0.6) is 0 Å². The van der Waals surface area contributed by atoms with Gasteiger partial charge >= 0.3 is 5.69 Å². The van der Waals surface area contributed by atoms with Crippen molar-refractivity contribution in [1.82, 2.24) is 19.7 Å². The zero-order chi connectivity index (χ0) is 24.1. The SMILES string of the molecule is CC(C)CN(C(=O)CCc1nc(-c2ccccc2)no1)c1c(N)n(CC(C)C)c(=O)[nH]c1=O. The highest BCUT2D eigenvalue weighted by Gasteiger charge is 2.25. The van der Waals surface area contributed by atoms with Gasteiger partial charge in [0, 0.05) is 31.5 Å². The molecular formula is C23H30N6O4. The molecule has 0 unspecified atom stereocenters. The minimum atomic E-state index is -0.685. The first-order valence-electron chi connectivity index (χ1n) is 11.0. The number of anilines is 2. The van der Waals surface area contributed by atoms with Gasteiger partial charge in [-0.3, -0.25) is 19.1 Å². The highest BCUT2D eigenvalue weighted by atomic mass is 16.5. The highest BCUT2D eigenvalue weighted by Crippen LogP contribution is 2.21. The number of hydrogen-bond acceptors (Lipinski definition) is 7. The number of carbonyl (C=O) groups is 1. The predicted molar refractivity (Wildman–Crippen MR) is 126 cm³/mol. The van der Waals surface area contributed by atoms with E-state index >= 15 is 0 Å². The molecule has 0 radical (unpaired) electrons. The van der Waals surface area contributed by atoms with Crippen LogP contribution < -0.4 is 21.9 Å². The molecule has 0 aliphatic carbocycles. The second-order valence-corrected chi connectivity index (χ2v) is 8.77. The van der Waals surface area contributed by atoms with Gasteiger partial charge in [-0.05, 0) is 11.8 Å². The topological polar surface area (TPSA) is 140 Å². The summed E-state index contributed by atoms with van der Waals surface area (Å²) in [6, 6.07) is 9.37. The summed E-state index contributed by atoms with van der Waals surface area (Å²) in [5, 5.41) is 3.97. The van der Waals surface area contributed by atoms with Crippen molar-refractivity contribution in [2.45, 2.75) is 47.1 Å². The molecule has 0 atom stereocenters. The van der Waals surface area contributed by atoms with Gasteiger partial charge in [-0.25, -0.2) is 4.79 Å². The number of aryl methyl sites for hydroxylation is 1. The number of aromatic amines is 1. The van der Waals surface area contributed by atoms with Crippen molar-refractivity contribution >= 4 is 17.4 Å². The van der Waals surface area contributed by atoms with E-state index in [4.69, 9.17) is 10.3 Å². The number of aromatic nitrogens is 4. The molecule has 0 aliphatic rings. The number of amides is 1. The first-order valence-corrected chi connectivity index (χ1v) is 11.0. The van der Waals surface area contributed by atoms with Gasteiger partial charge in [0.2, 0.25) is 17.6 Å². The van der Waals surface area contributed by atoms with Crippen LogP contribution in [-0.2, 0) is 17.8 Å². The number of hydrogen-bond donors (Lipinski definition) is 2. The number of nitrogens with two attached hydrogens (primary N) is 1. The Kier molecular flexibility index (Phi) is 7.47. The quantitative estimate of drug-likeness (QED) is 0.506. The van der Waals surface area contributed by atoms with Crippen molar-refractivity contribution in [2.24, 2.45) is 11.8 Å². The Labute approximate surface area is 191 Å². The Morgan fingerprint density at radius 1 is 1.15 bits per heavy atom. The normalized spacial score (nSPS) is 11.3. The Balaban J connectivity index is 1.85. The van der Waals surface area contributed by atoms with Gasteiger partial charge < -0.3 is 15.2 Å². The van der Waals surface area contributed by atoms with Crippen molar-refractivity contribution in [3.8, 4) is 11.4 Å². The minimum absolute atomic E-state index is 0.00977. The summed E-state index contributed by atoms with van der Waals surface area (Å²) in [6.45, 7) is 8.31. The van der Waals surface area contributed by atoms with Gasteiger partial charge in [0.25, 0.3) is 5.56 Å². The van der Waals surface area contributed by atoms with E-state index in [-0.39, 0.29) is 48.6 Å². The van der Waals surface area contributed by atoms with Gasteiger partial charge in [0.15, 0.2) is 5.69 Å². The van der Waals surface area contributed by atoms with E-state index in [0.717, 1.165) is 5.56 Å². The van der Waals surface area contributed by atoms with Crippen LogP contribution in [0.4, 0.5) is 11.5 Å². The Morgan fingerprint density at radius 2 is 1.85 bits per heavy atom. The Hall–Kier alpha value is -3.69. The van der Waals surface area contributed by atoms with Crippen molar-refractivity contribution in [2.75, 3.05) is 17.2 Å². The van der Waals surface area contributed by atoms with E-state index in [2.05, 4.69) is 15.1 Å². The van der Waals surface area contributed by atoms with Gasteiger partial charge in [0.1, 0.15) is 5.82 Å². The van der Waals surface area contributed by atoms with E-state index < -0.39 is 11.2 Å². The van der Waals surface area contributed by atoms with Crippen LogP contribution >= 0.6 is 0 Å². The summed E-state index contributed by atoms with van der Waals surface area (Å²) >= 11 is 0. The molecule has 3 N–H and O–H groups in total. The average molecular weight is 455 g/mol. The Morgan fingerprint density at radius 3 is 2.48 bits per heavy atom. The minimum Gasteiger partial charge on any atom is -0.383 e. The van der Waals surface area contributed by atoms with Crippen LogP contribution in [-0.4, -0.2) is 32.1 Å². The number of nitrogen functional groups attached to an aromatic ring is 1. The number of H-pyrrole nitrogens is 1. The molecular weight excluding hydrogens is 424 g/mol. The molecule has 0 fully saturated rings. The van der Waals surface area contributed by atoms with E-state index in [1.54, 1.807) is 0 Å². The molecule has 0 bridgehead atoms. The van der Waals surface area contributed by atoms with Crippen LogP contribution in [0.15, 0.2) is 44.4 Å². The van der Waals surface area contributed by atoms with Gasteiger partial charge in [0.05, 0.1) is 0 Å². The maximum Gasteiger partial charge on any atom is 0.330 e. The number of nitrogens with one attached hydrogen (secondary N) is 1. The smallest absolute Gasteiger partial charge is 0.330 e.